The summed E-state index contributed by atoms with van der Waals surface area (Å²) in [6.45, 7) is 2.35. The van der Waals surface area contributed by atoms with Gasteiger partial charge in [0.15, 0.2) is 0 Å². The molecule has 110 valence electrons. The third kappa shape index (κ3) is 3.64. The molecule has 2 rings (SSSR count). The lowest BCUT2D eigenvalue weighted by Gasteiger charge is -2.35. The van der Waals surface area contributed by atoms with Crippen LogP contribution in [-0.2, 0) is 4.79 Å². The number of aryl methyl sites for hydroxylation is 1. The molecule has 5 heteroatoms. The number of rotatable bonds is 4. The van der Waals surface area contributed by atoms with Crippen LogP contribution in [0.4, 0.5) is 5.69 Å². The van der Waals surface area contributed by atoms with Crippen LogP contribution in [0.5, 0.6) is 0 Å². The molecular weight excluding hydrogens is 278 g/mol. The van der Waals surface area contributed by atoms with E-state index in [1.165, 1.54) is 0 Å². The summed E-state index contributed by atoms with van der Waals surface area (Å²) in [6.07, 6.45) is 2.08. The number of halogens is 1. The van der Waals surface area contributed by atoms with E-state index in [0.717, 1.165) is 11.3 Å². The molecule has 1 aliphatic rings. The quantitative estimate of drug-likeness (QED) is 0.799. The van der Waals surface area contributed by atoms with Crippen LogP contribution < -0.4 is 5.32 Å². The molecule has 0 amide bonds. The standard InChI is InChI=1S/C15H20ClNO3/c1-10-2-3-12(8-13(10)16)17-9-15(20)6-4-11(5-7-15)14(18)19/h2-3,8,11,17,20H,4-7,9H2,1H3,(H,18,19). The molecule has 1 aromatic rings. The van der Waals surface area contributed by atoms with Gasteiger partial charge >= 0.3 is 5.97 Å². The van der Waals surface area contributed by atoms with E-state index in [1.54, 1.807) is 0 Å². The van der Waals surface area contributed by atoms with E-state index >= 15 is 0 Å². The van der Waals surface area contributed by atoms with E-state index in [-0.39, 0.29) is 5.92 Å². The molecule has 3 N–H and O–H groups in total. The van der Waals surface area contributed by atoms with Crippen molar-refractivity contribution in [3.05, 3.63) is 28.8 Å². The summed E-state index contributed by atoms with van der Waals surface area (Å²) in [4.78, 5) is 10.9. The minimum Gasteiger partial charge on any atom is -0.481 e. The monoisotopic (exact) mass is 297 g/mol. The average Bonchev–Trinajstić information content (AvgIpc) is 2.41. The predicted octanol–water partition coefficient (Wildman–Crippen LogP) is 3.07. The van der Waals surface area contributed by atoms with Gasteiger partial charge in [0, 0.05) is 17.3 Å². The lowest BCUT2D eigenvalue weighted by molar-refractivity contribution is -0.144. The maximum Gasteiger partial charge on any atom is 0.306 e. The van der Waals surface area contributed by atoms with Crippen LogP contribution in [0.3, 0.4) is 0 Å². The summed E-state index contributed by atoms with van der Waals surface area (Å²) in [5.41, 5.74) is 1.05. The molecule has 1 aliphatic carbocycles. The van der Waals surface area contributed by atoms with E-state index < -0.39 is 11.6 Å². The summed E-state index contributed by atoms with van der Waals surface area (Å²) in [5, 5.41) is 23.3. The van der Waals surface area contributed by atoms with Gasteiger partial charge in [-0.05, 0) is 50.3 Å². The average molecular weight is 298 g/mol. The van der Waals surface area contributed by atoms with Gasteiger partial charge < -0.3 is 15.5 Å². The third-order valence-electron chi connectivity index (χ3n) is 4.06. The van der Waals surface area contributed by atoms with Gasteiger partial charge in [0.25, 0.3) is 0 Å². The lowest BCUT2D eigenvalue weighted by atomic mass is 9.79. The molecule has 4 nitrogen and oxygen atoms in total. The Morgan fingerprint density at radius 1 is 1.45 bits per heavy atom. The Bertz CT molecular complexity index is 496. The van der Waals surface area contributed by atoms with Crippen LogP contribution in [0.25, 0.3) is 0 Å². The molecule has 1 saturated carbocycles. The van der Waals surface area contributed by atoms with Crippen LogP contribution in [0.2, 0.25) is 5.02 Å². The van der Waals surface area contributed by atoms with Gasteiger partial charge in [-0.25, -0.2) is 0 Å². The van der Waals surface area contributed by atoms with Crippen LogP contribution in [-0.4, -0.2) is 28.3 Å². The second-order valence-electron chi connectivity index (χ2n) is 5.65. The van der Waals surface area contributed by atoms with Crippen molar-refractivity contribution in [2.24, 2.45) is 5.92 Å². The molecule has 0 atom stereocenters. The Balaban J connectivity index is 1.90. The largest absolute Gasteiger partial charge is 0.481 e. The zero-order chi connectivity index (χ0) is 14.8. The minimum atomic E-state index is -0.830. The number of hydrogen-bond acceptors (Lipinski definition) is 3. The fraction of sp³-hybridized carbons (Fsp3) is 0.533. The van der Waals surface area contributed by atoms with Crippen molar-refractivity contribution in [3.63, 3.8) is 0 Å². The first-order valence-electron chi connectivity index (χ1n) is 6.85. The number of carboxylic acid groups (broad SMARTS) is 1. The number of carbonyl (C=O) groups is 1. The second-order valence-corrected chi connectivity index (χ2v) is 6.06. The maximum absolute atomic E-state index is 10.9. The number of aliphatic hydroxyl groups is 1. The molecule has 0 bridgehead atoms. The molecule has 0 radical (unpaired) electrons. The Kier molecular flexibility index (Phi) is 4.55. The van der Waals surface area contributed by atoms with Gasteiger partial charge in [0.1, 0.15) is 0 Å². The maximum atomic E-state index is 10.9. The zero-order valence-corrected chi connectivity index (χ0v) is 12.3. The summed E-state index contributed by atoms with van der Waals surface area (Å²) in [6, 6.07) is 5.69. The number of nitrogens with one attached hydrogen (secondary N) is 1. The summed E-state index contributed by atoms with van der Waals surface area (Å²) < 4.78 is 0. The third-order valence-corrected chi connectivity index (χ3v) is 4.47. The van der Waals surface area contributed by atoms with Gasteiger partial charge in [-0.2, -0.15) is 0 Å². The Morgan fingerprint density at radius 2 is 2.10 bits per heavy atom. The SMILES string of the molecule is Cc1ccc(NCC2(O)CCC(C(=O)O)CC2)cc1Cl. The molecular formula is C15H20ClNO3. The number of anilines is 1. The van der Waals surface area contributed by atoms with Crippen molar-refractivity contribution in [1.82, 2.24) is 0 Å². The normalized spacial score (nSPS) is 26.2. The van der Waals surface area contributed by atoms with Crippen molar-refractivity contribution >= 4 is 23.3 Å². The number of hydrogen-bond donors (Lipinski definition) is 3. The second kappa shape index (κ2) is 6.02. The highest BCUT2D eigenvalue weighted by Gasteiger charge is 2.35. The zero-order valence-electron chi connectivity index (χ0n) is 11.5. The number of benzene rings is 1. The number of carboxylic acids is 1. The van der Waals surface area contributed by atoms with E-state index in [0.29, 0.717) is 37.3 Å². The lowest BCUT2D eigenvalue weighted by Crippen LogP contribution is -2.41. The van der Waals surface area contributed by atoms with Gasteiger partial charge in [0.05, 0.1) is 11.5 Å². The first-order chi connectivity index (χ1) is 9.39. The smallest absolute Gasteiger partial charge is 0.306 e. The van der Waals surface area contributed by atoms with Crippen molar-refractivity contribution in [2.75, 3.05) is 11.9 Å². The summed E-state index contributed by atoms with van der Waals surface area (Å²) in [5.74, 6) is -1.07. The van der Waals surface area contributed by atoms with Crippen molar-refractivity contribution < 1.29 is 15.0 Å². The number of aliphatic carboxylic acids is 1. The highest BCUT2D eigenvalue weighted by Crippen LogP contribution is 2.32. The molecule has 0 aliphatic heterocycles. The first-order valence-corrected chi connectivity index (χ1v) is 7.23. The van der Waals surface area contributed by atoms with Crippen molar-refractivity contribution in [3.8, 4) is 0 Å². The first kappa shape index (κ1) is 15.1. The molecule has 0 unspecified atom stereocenters. The summed E-state index contributed by atoms with van der Waals surface area (Å²) >= 11 is 6.06. The Morgan fingerprint density at radius 3 is 2.65 bits per heavy atom. The van der Waals surface area contributed by atoms with Gasteiger partial charge in [0.2, 0.25) is 0 Å². The van der Waals surface area contributed by atoms with Crippen LogP contribution >= 0.6 is 11.6 Å². The van der Waals surface area contributed by atoms with Crippen LogP contribution in [0, 0.1) is 12.8 Å². The van der Waals surface area contributed by atoms with Gasteiger partial charge in [-0.3, -0.25) is 4.79 Å². The van der Waals surface area contributed by atoms with E-state index in [1.807, 2.05) is 25.1 Å². The van der Waals surface area contributed by atoms with E-state index in [9.17, 15) is 9.90 Å². The highest BCUT2D eigenvalue weighted by molar-refractivity contribution is 6.31. The Hall–Kier alpha value is -1.26. The molecule has 0 heterocycles. The molecule has 1 fully saturated rings. The topological polar surface area (TPSA) is 69.6 Å². The summed E-state index contributed by atoms with van der Waals surface area (Å²) in [7, 11) is 0. The molecule has 0 spiro atoms. The van der Waals surface area contributed by atoms with Crippen molar-refractivity contribution in [2.45, 2.75) is 38.2 Å². The van der Waals surface area contributed by atoms with Crippen LogP contribution in [0.15, 0.2) is 18.2 Å². The minimum absolute atomic E-state index is 0.316. The fourth-order valence-electron chi connectivity index (χ4n) is 2.55. The van der Waals surface area contributed by atoms with Gasteiger partial charge in [-0.1, -0.05) is 17.7 Å². The molecule has 0 saturated heterocycles. The fourth-order valence-corrected chi connectivity index (χ4v) is 2.73. The molecule has 1 aromatic carbocycles. The predicted molar refractivity (Wildman–Crippen MR) is 79.2 cm³/mol. The Labute approximate surface area is 123 Å². The molecule has 20 heavy (non-hydrogen) atoms. The van der Waals surface area contributed by atoms with Crippen molar-refractivity contribution in [1.29, 1.82) is 0 Å². The van der Waals surface area contributed by atoms with E-state index in [4.69, 9.17) is 16.7 Å². The highest BCUT2D eigenvalue weighted by atomic mass is 35.5. The van der Waals surface area contributed by atoms with Crippen LogP contribution in [0.1, 0.15) is 31.2 Å². The molecule has 0 aromatic heterocycles. The van der Waals surface area contributed by atoms with Gasteiger partial charge in [-0.15, -0.1) is 0 Å². The van der Waals surface area contributed by atoms with E-state index in [2.05, 4.69) is 5.32 Å².